The minimum atomic E-state index is 0. The van der Waals surface area contributed by atoms with Crippen molar-refractivity contribution in [3.63, 3.8) is 0 Å². The molecule has 4 nitrogen and oxygen atoms in total. The van der Waals surface area contributed by atoms with Gasteiger partial charge in [0.05, 0.1) is 12.8 Å². The molecule has 1 saturated heterocycles. The van der Waals surface area contributed by atoms with Crippen molar-refractivity contribution in [2.24, 2.45) is 4.99 Å². The van der Waals surface area contributed by atoms with E-state index in [1.165, 1.54) is 22.3 Å². The van der Waals surface area contributed by atoms with Crippen molar-refractivity contribution in [3.8, 4) is 5.75 Å². The van der Waals surface area contributed by atoms with E-state index in [0.29, 0.717) is 6.04 Å². The number of halogens is 1. The third-order valence-corrected chi connectivity index (χ3v) is 5.00. The summed E-state index contributed by atoms with van der Waals surface area (Å²) in [6.07, 6.45) is 4.30. The molecule has 2 aromatic carbocycles. The zero-order valence-corrected chi connectivity index (χ0v) is 15.9. The van der Waals surface area contributed by atoms with E-state index in [4.69, 9.17) is 9.73 Å². The summed E-state index contributed by atoms with van der Waals surface area (Å²) in [7, 11) is 1.68. The van der Waals surface area contributed by atoms with E-state index in [9.17, 15) is 0 Å². The van der Waals surface area contributed by atoms with Gasteiger partial charge in [-0.05, 0) is 49.2 Å². The molecule has 0 aliphatic carbocycles. The molecular weight excluding hydrogens is 346 g/mol. The summed E-state index contributed by atoms with van der Waals surface area (Å²) in [6.45, 7) is 3.17. The molecule has 1 atom stereocenters. The molecule has 136 valence electrons. The summed E-state index contributed by atoms with van der Waals surface area (Å²) in [6, 6.07) is 16.9. The van der Waals surface area contributed by atoms with Crippen molar-refractivity contribution in [1.29, 1.82) is 0 Å². The summed E-state index contributed by atoms with van der Waals surface area (Å²) < 4.78 is 5.23. The Bertz CT molecular complexity index is 901. The van der Waals surface area contributed by atoms with E-state index in [1.807, 2.05) is 24.3 Å². The van der Waals surface area contributed by atoms with Crippen molar-refractivity contribution >= 4 is 34.8 Å². The number of aliphatic imine (C=N–C) groups is 1. The van der Waals surface area contributed by atoms with E-state index in [-0.39, 0.29) is 12.4 Å². The number of hydrogen-bond donors (Lipinski definition) is 1. The van der Waals surface area contributed by atoms with E-state index in [1.54, 1.807) is 7.11 Å². The Morgan fingerprint density at radius 3 is 2.69 bits per heavy atom. The number of amidine groups is 1. The molecule has 4 rings (SSSR count). The number of aromatic nitrogens is 1. The van der Waals surface area contributed by atoms with Crippen molar-refractivity contribution in [2.75, 3.05) is 7.11 Å². The number of ether oxygens (including phenoxy) is 1. The van der Waals surface area contributed by atoms with Crippen molar-refractivity contribution in [1.82, 2.24) is 9.88 Å². The number of aromatic amines is 1. The van der Waals surface area contributed by atoms with Crippen LogP contribution in [0.2, 0.25) is 0 Å². The molecule has 0 bridgehead atoms. The molecule has 1 aromatic heterocycles. The molecule has 0 saturated carbocycles. The maximum absolute atomic E-state index is 5.23. The quantitative estimate of drug-likeness (QED) is 0.676. The standard InChI is InChI=1S/C21H23N3O.ClH/c1-15-7-12-21(23-17-8-10-18(25-2)11-9-17)24(15)14-16-13-22-20-6-4-3-5-19(16)20;/h3-6,8-11,13,15,22H,7,12,14H2,1-2H3;1H/b23-21-;. The normalized spacial score (nSPS) is 18.3. The second-order valence-corrected chi connectivity index (χ2v) is 6.60. The molecule has 2 heterocycles. The maximum Gasteiger partial charge on any atom is 0.119 e. The van der Waals surface area contributed by atoms with Crippen LogP contribution in [-0.2, 0) is 6.54 Å². The average Bonchev–Trinajstić information content (AvgIpc) is 3.21. The predicted octanol–water partition coefficient (Wildman–Crippen LogP) is 5.31. The summed E-state index contributed by atoms with van der Waals surface area (Å²) in [5, 5.41) is 1.30. The first-order valence-electron chi connectivity index (χ1n) is 8.78. The molecule has 0 spiro atoms. The first kappa shape index (κ1) is 18.3. The van der Waals surface area contributed by atoms with Gasteiger partial charge in [-0.15, -0.1) is 12.4 Å². The summed E-state index contributed by atoms with van der Waals surface area (Å²) in [5.41, 5.74) is 3.50. The predicted molar refractivity (Wildman–Crippen MR) is 110 cm³/mol. The molecule has 26 heavy (non-hydrogen) atoms. The zero-order chi connectivity index (χ0) is 17.2. The highest BCUT2D eigenvalue weighted by Gasteiger charge is 2.26. The summed E-state index contributed by atoms with van der Waals surface area (Å²) >= 11 is 0. The fourth-order valence-electron chi connectivity index (χ4n) is 3.51. The van der Waals surface area contributed by atoms with E-state index >= 15 is 0 Å². The topological polar surface area (TPSA) is 40.6 Å². The van der Waals surface area contributed by atoms with Gasteiger partial charge in [0.2, 0.25) is 0 Å². The molecule has 1 aliphatic rings. The van der Waals surface area contributed by atoms with Crippen LogP contribution in [0.1, 0.15) is 25.3 Å². The van der Waals surface area contributed by atoms with Crippen LogP contribution in [0.25, 0.3) is 10.9 Å². The van der Waals surface area contributed by atoms with Gasteiger partial charge in [0.25, 0.3) is 0 Å². The van der Waals surface area contributed by atoms with Crippen LogP contribution in [0.5, 0.6) is 5.75 Å². The molecule has 1 N–H and O–H groups in total. The average molecular weight is 370 g/mol. The van der Waals surface area contributed by atoms with Crippen LogP contribution in [0.3, 0.4) is 0 Å². The van der Waals surface area contributed by atoms with E-state index in [2.05, 4.69) is 47.3 Å². The lowest BCUT2D eigenvalue weighted by atomic mass is 10.1. The smallest absolute Gasteiger partial charge is 0.119 e. The molecule has 1 aliphatic heterocycles. The maximum atomic E-state index is 5.23. The van der Waals surface area contributed by atoms with Gasteiger partial charge in [-0.25, -0.2) is 4.99 Å². The number of likely N-dealkylation sites (tertiary alicyclic amines) is 1. The Kier molecular flexibility index (Phi) is 5.52. The fourth-order valence-corrected chi connectivity index (χ4v) is 3.51. The van der Waals surface area contributed by atoms with Crippen LogP contribution in [0.15, 0.2) is 59.7 Å². The Morgan fingerprint density at radius 2 is 1.92 bits per heavy atom. The molecule has 5 heteroatoms. The van der Waals surface area contributed by atoms with Crippen molar-refractivity contribution in [2.45, 2.75) is 32.4 Å². The lowest BCUT2D eigenvalue weighted by molar-refractivity contribution is 0.351. The second-order valence-electron chi connectivity index (χ2n) is 6.60. The number of hydrogen-bond acceptors (Lipinski definition) is 2. The minimum Gasteiger partial charge on any atom is -0.497 e. The molecule has 0 radical (unpaired) electrons. The van der Waals surface area contributed by atoms with Gasteiger partial charge in [-0.2, -0.15) is 0 Å². The molecule has 1 unspecified atom stereocenters. The molecular formula is C21H24ClN3O. The van der Waals surface area contributed by atoms with Gasteiger partial charge >= 0.3 is 0 Å². The number of nitrogens with one attached hydrogen (secondary N) is 1. The minimum absolute atomic E-state index is 0. The van der Waals surface area contributed by atoms with Crippen LogP contribution < -0.4 is 4.74 Å². The third-order valence-electron chi connectivity index (χ3n) is 5.00. The SMILES string of the molecule is COc1ccc(/N=C2/CCC(C)N2Cc2c[nH]c3ccccc23)cc1.Cl. The fraction of sp³-hybridized carbons (Fsp3) is 0.286. The highest BCUT2D eigenvalue weighted by atomic mass is 35.5. The van der Waals surface area contributed by atoms with Crippen LogP contribution in [0, 0.1) is 0 Å². The molecule has 1 fully saturated rings. The Morgan fingerprint density at radius 1 is 1.15 bits per heavy atom. The zero-order valence-electron chi connectivity index (χ0n) is 15.1. The molecule has 3 aromatic rings. The Hall–Kier alpha value is -2.46. The van der Waals surface area contributed by atoms with Gasteiger partial charge in [0.1, 0.15) is 11.6 Å². The largest absolute Gasteiger partial charge is 0.497 e. The van der Waals surface area contributed by atoms with Gasteiger partial charge in [-0.1, -0.05) is 18.2 Å². The van der Waals surface area contributed by atoms with E-state index < -0.39 is 0 Å². The number of H-pyrrole nitrogens is 1. The number of benzene rings is 2. The second kappa shape index (κ2) is 7.83. The van der Waals surface area contributed by atoms with Gasteiger partial charge in [-0.3, -0.25) is 0 Å². The molecule has 0 amide bonds. The number of fused-ring (bicyclic) bond motifs is 1. The van der Waals surface area contributed by atoms with Gasteiger partial charge in [0.15, 0.2) is 0 Å². The first-order chi connectivity index (χ1) is 12.2. The number of methoxy groups -OCH3 is 1. The third kappa shape index (κ3) is 3.56. The highest BCUT2D eigenvalue weighted by molar-refractivity contribution is 5.88. The monoisotopic (exact) mass is 369 g/mol. The highest BCUT2D eigenvalue weighted by Crippen LogP contribution is 2.28. The number of para-hydroxylation sites is 1. The Balaban J connectivity index is 0.00000196. The number of nitrogens with zero attached hydrogens (tertiary/aromatic N) is 2. The first-order valence-corrected chi connectivity index (χ1v) is 8.78. The van der Waals surface area contributed by atoms with Crippen LogP contribution >= 0.6 is 12.4 Å². The van der Waals surface area contributed by atoms with Gasteiger partial charge in [0, 0.05) is 36.1 Å². The van der Waals surface area contributed by atoms with Gasteiger partial charge < -0.3 is 14.6 Å². The van der Waals surface area contributed by atoms with E-state index in [0.717, 1.165) is 30.8 Å². The number of rotatable bonds is 4. The summed E-state index contributed by atoms with van der Waals surface area (Å²) in [4.78, 5) is 10.7. The van der Waals surface area contributed by atoms with Crippen LogP contribution in [0.4, 0.5) is 5.69 Å². The van der Waals surface area contributed by atoms with Crippen molar-refractivity contribution in [3.05, 3.63) is 60.3 Å². The lowest BCUT2D eigenvalue weighted by Crippen LogP contribution is -2.30. The van der Waals surface area contributed by atoms with Crippen LogP contribution in [-0.4, -0.2) is 28.9 Å². The Labute approximate surface area is 160 Å². The lowest BCUT2D eigenvalue weighted by Gasteiger charge is -2.24. The van der Waals surface area contributed by atoms with Crippen molar-refractivity contribution < 1.29 is 4.74 Å². The summed E-state index contributed by atoms with van der Waals surface area (Å²) in [5.74, 6) is 2.03.